The van der Waals surface area contributed by atoms with Crippen molar-refractivity contribution >= 4 is 23.6 Å². The maximum absolute atomic E-state index is 13.2. The molecule has 0 saturated heterocycles. The summed E-state index contributed by atoms with van der Waals surface area (Å²) < 4.78 is 23.0. The van der Waals surface area contributed by atoms with E-state index in [1.165, 1.54) is 0 Å². The lowest BCUT2D eigenvalue weighted by Gasteiger charge is -2.28. The molecule has 4 amide bonds. The van der Waals surface area contributed by atoms with Gasteiger partial charge in [-0.3, -0.25) is 19.2 Å². The molecule has 0 atom stereocenters. The van der Waals surface area contributed by atoms with Crippen LogP contribution < -0.4 is 40.2 Å². The van der Waals surface area contributed by atoms with Gasteiger partial charge in [0.25, 0.3) is 23.6 Å². The van der Waals surface area contributed by atoms with E-state index in [9.17, 15) is 19.2 Å². The highest BCUT2D eigenvalue weighted by atomic mass is 16.6. The van der Waals surface area contributed by atoms with Crippen molar-refractivity contribution < 1.29 is 38.1 Å². The van der Waals surface area contributed by atoms with Gasteiger partial charge in [-0.25, -0.2) is 0 Å². The van der Waals surface area contributed by atoms with Crippen molar-refractivity contribution in [2.45, 2.75) is 38.8 Å². The molecule has 10 rings (SSSR count). The van der Waals surface area contributed by atoms with Gasteiger partial charge >= 0.3 is 0 Å². The number of H-pyrrole nitrogens is 2. The quantitative estimate of drug-likeness (QED) is 0.217. The van der Waals surface area contributed by atoms with Crippen molar-refractivity contribution in [3.8, 4) is 23.0 Å². The number of aromatic amines is 2. The number of carbonyl (C=O) groups excluding carboxylic acids is 4. The third-order valence-electron chi connectivity index (χ3n) is 8.88. The van der Waals surface area contributed by atoms with Crippen molar-refractivity contribution in [3.05, 3.63) is 58.2 Å². The predicted octanol–water partition coefficient (Wildman–Crippen LogP) is 2.02. The van der Waals surface area contributed by atoms with Crippen LogP contribution in [0.4, 0.5) is 0 Å². The number of amides is 4. The van der Waals surface area contributed by atoms with Crippen molar-refractivity contribution in [2.24, 2.45) is 11.8 Å². The molecule has 1 aliphatic carbocycles. The van der Waals surface area contributed by atoms with Crippen LogP contribution >= 0.6 is 0 Å². The Morgan fingerprint density at radius 1 is 0.457 bits per heavy atom. The lowest BCUT2D eigenvalue weighted by Crippen LogP contribution is -2.35. The Balaban J connectivity index is 1.12. The largest absolute Gasteiger partial charge is 0.484 e. The Bertz CT molecular complexity index is 1530. The summed E-state index contributed by atoms with van der Waals surface area (Å²) in [5.41, 5.74) is 2.24. The molecule has 0 unspecified atom stereocenters. The summed E-state index contributed by atoms with van der Waals surface area (Å²) in [5.74, 6) is -0.0959. The minimum atomic E-state index is -0.427. The Hall–Kier alpha value is -5.14. The fourth-order valence-electron chi connectivity index (χ4n) is 6.30. The number of aromatic nitrogens is 2. The number of hydrogen-bond donors (Lipinski definition) is 6. The zero-order valence-electron chi connectivity index (χ0n) is 25.2. The molecule has 7 aliphatic rings. The summed E-state index contributed by atoms with van der Waals surface area (Å²) in [6.07, 6.45) is 3.54. The van der Waals surface area contributed by atoms with Gasteiger partial charge in [-0.05, 0) is 48.6 Å². The monoisotopic (exact) mass is 632 g/mol. The van der Waals surface area contributed by atoms with Gasteiger partial charge in [0.2, 0.25) is 0 Å². The first-order valence-electron chi connectivity index (χ1n) is 15.7. The average molecular weight is 633 g/mol. The molecule has 1 saturated carbocycles. The highest BCUT2D eigenvalue weighted by Crippen LogP contribution is 2.39. The number of ether oxygens (including phenoxy) is 4. The number of nitrogens with one attached hydrogen (secondary N) is 6. The minimum absolute atomic E-state index is 0.132. The molecule has 8 heterocycles. The summed E-state index contributed by atoms with van der Waals surface area (Å²) in [4.78, 5) is 58.7. The molecule has 6 N–H and O–H groups in total. The molecule has 0 spiro atoms. The molecular formula is C32H36N6O8. The number of fused-ring (bicyclic) bond motifs is 2. The van der Waals surface area contributed by atoms with Gasteiger partial charge in [0, 0.05) is 26.2 Å². The maximum Gasteiger partial charge on any atom is 0.272 e. The number of hydrogen-bond acceptors (Lipinski definition) is 8. The molecule has 0 radical (unpaired) electrons. The second-order valence-electron chi connectivity index (χ2n) is 11.9. The molecule has 1 aromatic carbocycles. The summed E-state index contributed by atoms with van der Waals surface area (Å²) in [6.45, 7) is 2.47. The van der Waals surface area contributed by atoms with Crippen molar-refractivity contribution in [1.29, 1.82) is 0 Å². The Morgan fingerprint density at radius 2 is 0.761 bits per heavy atom. The van der Waals surface area contributed by atoms with Crippen LogP contribution in [0.25, 0.3) is 0 Å². The van der Waals surface area contributed by atoms with Gasteiger partial charge in [-0.15, -0.1) is 0 Å². The normalized spacial score (nSPS) is 22.0. The standard InChI is InChI=1S/C32H36N6O8/c39-29-21-25-27(45-10-9-43-25)23(37-21)31(41)35-15-19-5-7-20(8-6-19)16-36-32(42)24-28-26(44-11-12-46-28)22(38-24)30(40)34-14-18-2-1-17(3-4-18)13-33-29/h1-4,19-20,37-38H,5-16H2,(H,33,39)(H,34,40)(H,35,41)(H,36,42)/t19-,20+. The van der Waals surface area contributed by atoms with Crippen molar-refractivity contribution in [1.82, 2.24) is 31.2 Å². The molecule has 3 aromatic rings. The Kier molecular flexibility index (Phi) is 8.16. The first-order valence-corrected chi connectivity index (χ1v) is 15.7. The lowest BCUT2D eigenvalue weighted by molar-refractivity contribution is 0.0909. The number of benzene rings is 1. The molecule has 242 valence electrons. The minimum Gasteiger partial charge on any atom is -0.484 e. The van der Waals surface area contributed by atoms with Crippen LogP contribution in [0.3, 0.4) is 0 Å². The van der Waals surface area contributed by atoms with Gasteiger partial charge in [0.15, 0.2) is 45.8 Å². The zero-order chi connectivity index (χ0) is 31.6. The van der Waals surface area contributed by atoms with E-state index in [1.54, 1.807) is 0 Å². The van der Waals surface area contributed by atoms with E-state index in [0.29, 0.717) is 13.1 Å². The molecular weight excluding hydrogens is 596 g/mol. The van der Waals surface area contributed by atoms with Gasteiger partial charge in [0.05, 0.1) is 0 Å². The van der Waals surface area contributed by atoms with Crippen molar-refractivity contribution in [2.75, 3.05) is 39.5 Å². The van der Waals surface area contributed by atoms with E-state index in [1.807, 2.05) is 24.3 Å². The van der Waals surface area contributed by atoms with Gasteiger partial charge in [-0.2, -0.15) is 0 Å². The van der Waals surface area contributed by atoms with E-state index in [2.05, 4.69) is 31.2 Å². The smallest absolute Gasteiger partial charge is 0.272 e. The van der Waals surface area contributed by atoms with E-state index in [0.717, 1.165) is 36.8 Å². The topological polar surface area (TPSA) is 185 Å². The summed E-state index contributed by atoms with van der Waals surface area (Å²) in [5, 5.41) is 11.7. The first kappa shape index (κ1) is 29.6. The fourth-order valence-corrected chi connectivity index (χ4v) is 6.30. The first-order chi connectivity index (χ1) is 22.4. The van der Waals surface area contributed by atoms with Crippen LogP contribution in [-0.4, -0.2) is 73.1 Å². The predicted molar refractivity (Wildman–Crippen MR) is 162 cm³/mol. The third-order valence-corrected chi connectivity index (χ3v) is 8.88. The summed E-state index contributed by atoms with van der Waals surface area (Å²) in [7, 11) is 0. The van der Waals surface area contributed by atoms with Crippen LogP contribution in [0.1, 0.15) is 78.8 Å². The van der Waals surface area contributed by atoms with Gasteiger partial charge < -0.3 is 50.2 Å². The summed E-state index contributed by atoms with van der Waals surface area (Å²) >= 11 is 0. The highest BCUT2D eigenvalue weighted by molar-refractivity contribution is 6.04. The molecule has 14 heteroatoms. The van der Waals surface area contributed by atoms with E-state index >= 15 is 0 Å². The second-order valence-corrected chi connectivity index (χ2v) is 11.9. The fraction of sp³-hybridized carbons (Fsp3) is 0.438. The SMILES string of the molecule is O=C1NCc2ccc(cc2)CNC(=O)c2[nH]c(c3c2OCCO3)C(=O)NC[C@H]2CC[C@H](CC2)CNC(=O)c2[nH]c1c1c2OCCO1. The van der Waals surface area contributed by atoms with E-state index in [4.69, 9.17) is 18.9 Å². The Labute approximate surface area is 264 Å². The van der Waals surface area contributed by atoms with Crippen molar-refractivity contribution in [3.63, 3.8) is 0 Å². The lowest BCUT2D eigenvalue weighted by atomic mass is 9.82. The van der Waals surface area contributed by atoms with E-state index < -0.39 is 11.8 Å². The van der Waals surface area contributed by atoms with Gasteiger partial charge in [-0.1, -0.05) is 24.3 Å². The zero-order valence-corrected chi connectivity index (χ0v) is 25.2. The second kappa shape index (κ2) is 12.7. The third kappa shape index (κ3) is 5.94. The van der Waals surface area contributed by atoms with Crippen LogP contribution in [0, 0.1) is 11.8 Å². The van der Waals surface area contributed by atoms with Crippen LogP contribution in [0.15, 0.2) is 24.3 Å². The van der Waals surface area contributed by atoms with Gasteiger partial charge in [0.1, 0.15) is 26.4 Å². The average Bonchev–Trinajstić information content (AvgIpc) is 3.68. The van der Waals surface area contributed by atoms with Crippen LogP contribution in [0.2, 0.25) is 0 Å². The molecule has 8 bridgehead atoms. The summed E-state index contributed by atoms with van der Waals surface area (Å²) in [6, 6.07) is 7.38. The number of rotatable bonds is 0. The molecule has 14 nitrogen and oxygen atoms in total. The maximum atomic E-state index is 13.2. The van der Waals surface area contributed by atoms with Crippen LogP contribution in [0.5, 0.6) is 23.0 Å². The molecule has 2 aromatic heterocycles. The highest BCUT2D eigenvalue weighted by Gasteiger charge is 2.33. The number of carbonyl (C=O) groups is 4. The molecule has 6 aliphatic heterocycles. The molecule has 1 fully saturated rings. The molecule has 46 heavy (non-hydrogen) atoms. The van der Waals surface area contributed by atoms with E-state index in [-0.39, 0.29) is 109 Å². The Morgan fingerprint density at radius 3 is 1.09 bits per heavy atom. The van der Waals surface area contributed by atoms with Crippen LogP contribution in [-0.2, 0) is 13.1 Å².